The molecule has 20 heavy (non-hydrogen) atoms. The summed E-state index contributed by atoms with van der Waals surface area (Å²) in [5, 5.41) is 9.42. The number of rotatable bonds is 2. The topological polar surface area (TPSA) is 38.2 Å². The molecule has 1 aromatic carbocycles. The van der Waals surface area contributed by atoms with E-state index in [1.807, 2.05) is 24.4 Å². The summed E-state index contributed by atoms with van der Waals surface area (Å²) in [6, 6.07) is 8.07. The number of hydrogen-bond donors (Lipinski definition) is 0. The zero-order valence-electron chi connectivity index (χ0n) is 11.7. The van der Waals surface area contributed by atoms with Crippen molar-refractivity contribution in [3.8, 4) is 0 Å². The van der Waals surface area contributed by atoms with Crippen LogP contribution in [0.4, 0.5) is 5.69 Å². The Hall–Kier alpha value is -1.39. The lowest BCUT2D eigenvalue weighted by Crippen LogP contribution is -2.53. The second kappa shape index (κ2) is 5.19. The van der Waals surface area contributed by atoms with Crippen LogP contribution in [-0.2, 0) is 4.74 Å². The number of halogens is 1. The van der Waals surface area contributed by atoms with E-state index < -0.39 is 0 Å². The molecule has 1 saturated heterocycles. The number of benzene rings is 1. The third kappa shape index (κ3) is 2.58. The van der Waals surface area contributed by atoms with Gasteiger partial charge in [-0.3, -0.25) is 0 Å². The minimum Gasteiger partial charge on any atom is -0.367 e. The lowest BCUT2D eigenvalue weighted by molar-refractivity contribution is -0.0733. The Balaban J connectivity index is 2.01. The lowest BCUT2D eigenvalue weighted by Gasteiger charge is -2.43. The van der Waals surface area contributed by atoms with Gasteiger partial charge in [-0.05, 0) is 19.9 Å². The largest absolute Gasteiger partial charge is 0.367 e. The second-order valence-electron chi connectivity index (χ2n) is 5.78. The summed E-state index contributed by atoms with van der Waals surface area (Å²) in [5.74, 6) is 0.496. The first-order chi connectivity index (χ1) is 9.59. The van der Waals surface area contributed by atoms with Crippen LogP contribution in [0.15, 0.2) is 30.5 Å². The van der Waals surface area contributed by atoms with Crippen molar-refractivity contribution in [3.05, 3.63) is 30.5 Å². The van der Waals surface area contributed by atoms with E-state index in [9.17, 15) is 0 Å². The molecular weight excluding hydrogens is 274 g/mol. The molecular formula is C15H18ClN3O. The number of alkyl halides is 1. The summed E-state index contributed by atoms with van der Waals surface area (Å²) in [4.78, 5) is 2.30. The van der Waals surface area contributed by atoms with E-state index in [0.717, 1.165) is 29.7 Å². The van der Waals surface area contributed by atoms with Gasteiger partial charge in [-0.15, -0.1) is 11.6 Å². The number of anilines is 1. The molecule has 1 aliphatic rings. The summed E-state index contributed by atoms with van der Waals surface area (Å²) in [5.41, 5.74) is 1.79. The van der Waals surface area contributed by atoms with E-state index in [4.69, 9.17) is 16.3 Å². The first-order valence-corrected chi connectivity index (χ1v) is 7.32. The highest BCUT2D eigenvalue weighted by molar-refractivity contribution is 6.18. The van der Waals surface area contributed by atoms with Crippen LogP contribution in [0.3, 0.4) is 0 Å². The zero-order valence-corrected chi connectivity index (χ0v) is 12.5. The molecule has 1 unspecified atom stereocenters. The van der Waals surface area contributed by atoms with Crippen molar-refractivity contribution in [1.82, 2.24) is 10.2 Å². The molecule has 0 N–H and O–H groups in total. The molecule has 106 valence electrons. The van der Waals surface area contributed by atoms with Crippen LogP contribution in [0.2, 0.25) is 0 Å². The Bertz CT molecular complexity index is 612. The molecule has 1 atom stereocenters. The van der Waals surface area contributed by atoms with Gasteiger partial charge in [-0.25, -0.2) is 0 Å². The smallest absolute Gasteiger partial charge is 0.0950 e. The summed E-state index contributed by atoms with van der Waals surface area (Å²) in [6.07, 6.45) is 1.86. The molecule has 2 heterocycles. The van der Waals surface area contributed by atoms with Gasteiger partial charge in [0, 0.05) is 18.5 Å². The number of nitrogens with zero attached hydrogens (tertiary/aromatic N) is 3. The molecule has 0 aliphatic carbocycles. The summed E-state index contributed by atoms with van der Waals surface area (Å²) in [6.45, 7) is 5.78. The third-order valence-electron chi connectivity index (χ3n) is 3.52. The average Bonchev–Trinajstić information content (AvgIpc) is 2.45. The Morgan fingerprint density at radius 2 is 2.20 bits per heavy atom. The summed E-state index contributed by atoms with van der Waals surface area (Å²) < 4.78 is 5.98. The lowest BCUT2D eigenvalue weighted by atomic mass is 10.0. The zero-order chi connectivity index (χ0) is 14.2. The predicted molar refractivity (Wildman–Crippen MR) is 81.4 cm³/mol. The standard InChI is InChI=1S/C15H18ClN3O/c1-15(2)10-19(9-11(7-16)20-15)14-8-17-18-13-6-4-3-5-12(13)14/h3-6,8,11H,7,9-10H2,1-2H3. The van der Waals surface area contributed by atoms with Crippen molar-refractivity contribution in [2.75, 3.05) is 23.9 Å². The Morgan fingerprint density at radius 3 is 3.00 bits per heavy atom. The minimum atomic E-state index is -0.220. The molecule has 2 aromatic rings. The van der Waals surface area contributed by atoms with E-state index in [1.54, 1.807) is 0 Å². The van der Waals surface area contributed by atoms with E-state index >= 15 is 0 Å². The van der Waals surface area contributed by atoms with E-state index in [2.05, 4.69) is 35.0 Å². The van der Waals surface area contributed by atoms with Crippen molar-refractivity contribution in [2.24, 2.45) is 0 Å². The first kappa shape index (κ1) is 13.6. The van der Waals surface area contributed by atoms with Crippen LogP contribution in [0, 0.1) is 0 Å². The highest BCUT2D eigenvalue weighted by Crippen LogP contribution is 2.30. The number of ether oxygens (including phenoxy) is 1. The molecule has 1 aliphatic heterocycles. The fourth-order valence-corrected chi connectivity index (χ4v) is 2.96. The van der Waals surface area contributed by atoms with Crippen LogP contribution in [0.5, 0.6) is 0 Å². The fraction of sp³-hybridized carbons (Fsp3) is 0.467. The van der Waals surface area contributed by atoms with Gasteiger partial charge < -0.3 is 9.64 Å². The van der Waals surface area contributed by atoms with Crippen molar-refractivity contribution < 1.29 is 4.74 Å². The molecule has 0 amide bonds. The van der Waals surface area contributed by atoms with Crippen molar-refractivity contribution >= 4 is 28.2 Å². The van der Waals surface area contributed by atoms with E-state index in [0.29, 0.717) is 5.88 Å². The Kier molecular flexibility index (Phi) is 3.52. The van der Waals surface area contributed by atoms with Crippen molar-refractivity contribution in [1.29, 1.82) is 0 Å². The molecule has 4 nitrogen and oxygen atoms in total. The van der Waals surface area contributed by atoms with Gasteiger partial charge in [-0.2, -0.15) is 10.2 Å². The predicted octanol–water partition coefficient (Wildman–Crippen LogP) is 2.85. The van der Waals surface area contributed by atoms with Crippen molar-refractivity contribution in [2.45, 2.75) is 25.6 Å². The maximum atomic E-state index is 6.00. The van der Waals surface area contributed by atoms with Gasteiger partial charge in [0.25, 0.3) is 0 Å². The highest BCUT2D eigenvalue weighted by atomic mass is 35.5. The van der Waals surface area contributed by atoms with Gasteiger partial charge in [0.2, 0.25) is 0 Å². The van der Waals surface area contributed by atoms with Gasteiger partial charge in [0.1, 0.15) is 0 Å². The maximum Gasteiger partial charge on any atom is 0.0950 e. The molecule has 5 heteroatoms. The molecule has 3 rings (SSSR count). The summed E-state index contributed by atoms with van der Waals surface area (Å²) >= 11 is 6.00. The van der Waals surface area contributed by atoms with Gasteiger partial charge in [0.05, 0.1) is 35.0 Å². The number of hydrogen-bond acceptors (Lipinski definition) is 4. The van der Waals surface area contributed by atoms with Crippen LogP contribution >= 0.6 is 11.6 Å². The normalized spacial score (nSPS) is 22.1. The van der Waals surface area contributed by atoms with Crippen LogP contribution in [0.25, 0.3) is 10.9 Å². The first-order valence-electron chi connectivity index (χ1n) is 6.78. The molecule has 1 aromatic heterocycles. The van der Waals surface area contributed by atoms with Crippen LogP contribution < -0.4 is 4.90 Å². The maximum absolute atomic E-state index is 6.00. The fourth-order valence-electron chi connectivity index (χ4n) is 2.80. The van der Waals surface area contributed by atoms with Gasteiger partial charge in [-0.1, -0.05) is 18.2 Å². The highest BCUT2D eigenvalue weighted by Gasteiger charge is 2.33. The molecule has 0 radical (unpaired) electrons. The molecule has 0 saturated carbocycles. The summed E-state index contributed by atoms with van der Waals surface area (Å²) in [7, 11) is 0. The molecule has 1 fully saturated rings. The van der Waals surface area contributed by atoms with Crippen LogP contribution in [-0.4, -0.2) is 40.9 Å². The number of aromatic nitrogens is 2. The third-order valence-corrected chi connectivity index (χ3v) is 3.86. The quantitative estimate of drug-likeness (QED) is 0.798. The minimum absolute atomic E-state index is 0.0346. The van der Waals surface area contributed by atoms with E-state index in [-0.39, 0.29) is 11.7 Å². The Morgan fingerprint density at radius 1 is 1.40 bits per heavy atom. The Labute approximate surface area is 123 Å². The van der Waals surface area contributed by atoms with Gasteiger partial charge in [0.15, 0.2) is 0 Å². The van der Waals surface area contributed by atoms with Crippen LogP contribution in [0.1, 0.15) is 13.8 Å². The van der Waals surface area contributed by atoms with E-state index in [1.165, 1.54) is 0 Å². The number of fused-ring (bicyclic) bond motifs is 1. The van der Waals surface area contributed by atoms with Gasteiger partial charge >= 0.3 is 0 Å². The average molecular weight is 292 g/mol. The van der Waals surface area contributed by atoms with Crippen molar-refractivity contribution in [3.63, 3.8) is 0 Å². The molecule has 0 spiro atoms. The SMILES string of the molecule is CC1(C)CN(c2cnnc3ccccc23)CC(CCl)O1. The monoisotopic (exact) mass is 291 g/mol. The second-order valence-corrected chi connectivity index (χ2v) is 6.09. The molecule has 0 bridgehead atoms. The number of morpholine rings is 1.